The van der Waals surface area contributed by atoms with Gasteiger partial charge in [-0.25, -0.2) is 9.78 Å². The van der Waals surface area contributed by atoms with Crippen LogP contribution in [0.5, 0.6) is 0 Å². The number of nitrogens with zero attached hydrogens (tertiary/aromatic N) is 3. The Balaban J connectivity index is 0.000000340. The van der Waals surface area contributed by atoms with E-state index in [-0.39, 0.29) is 17.9 Å². The second kappa shape index (κ2) is 13.6. The molecule has 1 heterocycles. The largest absolute Gasteiger partial charge is 0.375 e. The molecule has 9 heteroatoms. The summed E-state index contributed by atoms with van der Waals surface area (Å²) >= 11 is 1.66. The number of aryl methyl sites for hydroxylation is 1. The number of carbonyl (C=O) groups excluding carboxylic acids is 2. The number of carbonyl (C=O) groups is 2. The monoisotopic (exact) mass is 440 g/mol. The summed E-state index contributed by atoms with van der Waals surface area (Å²) in [5.41, 5.74) is 6.87. The van der Waals surface area contributed by atoms with Crippen molar-refractivity contribution in [1.29, 1.82) is 0 Å². The first-order chi connectivity index (χ1) is 14.2. The second-order valence-electron chi connectivity index (χ2n) is 8.25. The molecule has 0 saturated heterocycles. The molecule has 0 fully saturated rings. The molecule has 30 heavy (non-hydrogen) atoms. The number of hydrogen-bond donors (Lipinski definition) is 3. The highest BCUT2D eigenvalue weighted by Crippen LogP contribution is 2.30. The van der Waals surface area contributed by atoms with Crippen LogP contribution in [0.1, 0.15) is 44.2 Å². The average Bonchev–Trinajstić information content (AvgIpc) is 3.05. The van der Waals surface area contributed by atoms with E-state index in [4.69, 9.17) is 5.73 Å². The van der Waals surface area contributed by atoms with E-state index in [1.54, 1.807) is 18.4 Å². The maximum atomic E-state index is 12.2. The fourth-order valence-electron chi connectivity index (χ4n) is 3.24. The molecule has 1 aromatic rings. The highest BCUT2D eigenvalue weighted by molar-refractivity contribution is 7.15. The van der Waals surface area contributed by atoms with Crippen molar-refractivity contribution in [2.24, 2.45) is 11.8 Å². The molecule has 0 aromatic carbocycles. The van der Waals surface area contributed by atoms with Crippen LogP contribution in [0.25, 0.3) is 0 Å². The lowest BCUT2D eigenvalue weighted by atomic mass is 9.93. The average molecular weight is 441 g/mol. The first kappa shape index (κ1) is 26.3. The molecule has 0 aliphatic heterocycles. The van der Waals surface area contributed by atoms with Gasteiger partial charge in [-0.3, -0.25) is 9.69 Å². The summed E-state index contributed by atoms with van der Waals surface area (Å²) in [7, 11) is 5.68. The van der Waals surface area contributed by atoms with Crippen molar-refractivity contribution < 1.29 is 9.59 Å². The van der Waals surface area contributed by atoms with Crippen LogP contribution < -0.4 is 16.4 Å². The van der Waals surface area contributed by atoms with Gasteiger partial charge < -0.3 is 21.3 Å². The minimum atomic E-state index is -0.295. The van der Waals surface area contributed by atoms with Crippen LogP contribution in [-0.4, -0.2) is 74.0 Å². The van der Waals surface area contributed by atoms with E-state index in [0.717, 1.165) is 30.4 Å². The molecule has 1 aliphatic carbocycles. The number of likely N-dealkylation sites (N-methyl/N-ethyl adjacent to an activating group) is 1. The standard InChI is InChI=1S/C13H28N4O2.C8H12N2S/c1-6-8-17(12(18)11(2)10-14-3)13(19)15-7-9-16(4)5;1-5-2-3-7-6(4-5)10-8(9)11-7/h11,14H,6-10H2,1-5H3,(H,15,19);5H,2-4H2,1H3,(H2,9,10). The Bertz CT molecular complexity index is 664. The third-order valence-corrected chi connectivity index (χ3v) is 5.91. The number of anilines is 1. The first-order valence-corrected chi connectivity index (χ1v) is 11.6. The van der Waals surface area contributed by atoms with Crippen LogP contribution in [0.15, 0.2) is 0 Å². The van der Waals surface area contributed by atoms with E-state index in [1.807, 2.05) is 32.8 Å². The normalized spacial score (nSPS) is 16.3. The molecule has 4 N–H and O–H groups in total. The second-order valence-corrected chi connectivity index (χ2v) is 9.37. The number of aromatic nitrogens is 1. The Labute approximate surface area is 185 Å². The van der Waals surface area contributed by atoms with Crippen molar-refractivity contribution >= 4 is 28.4 Å². The van der Waals surface area contributed by atoms with E-state index in [0.29, 0.717) is 19.6 Å². The predicted molar refractivity (Wildman–Crippen MR) is 125 cm³/mol. The van der Waals surface area contributed by atoms with Crippen molar-refractivity contribution in [3.8, 4) is 0 Å². The summed E-state index contributed by atoms with van der Waals surface area (Å²) in [6.45, 7) is 8.39. The highest BCUT2D eigenvalue weighted by atomic mass is 32.1. The number of nitrogens with two attached hydrogens (primary N) is 1. The van der Waals surface area contributed by atoms with Gasteiger partial charge in [-0.2, -0.15) is 0 Å². The van der Waals surface area contributed by atoms with Crippen molar-refractivity contribution in [3.05, 3.63) is 10.6 Å². The minimum Gasteiger partial charge on any atom is -0.375 e. The van der Waals surface area contributed by atoms with Crippen LogP contribution >= 0.6 is 11.3 Å². The van der Waals surface area contributed by atoms with Gasteiger partial charge in [0, 0.05) is 37.0 Å². The molecule has 3 amide bonds. The third kappa shape index (κ3) is 8.97. The molecule has 172 valence electrons. The van der Waals surface area contributed by atoms with E-state index in [9.17, 15) is 9.59 Å². The highest BCUT2D eigenvalue weighted by Gasteiger charge is 2.24. The van der Waals surface area contributed by atoms with E-state index in [1.165, 1.54) is 28.3 Å². The maximum Gasteiger partial charge on any atom is 0.324 e. The number of fused-ring (bicyclic) bond motifs is 1. The van der Waals surface area contributed by atoms with E-state index < -0.39 is 0 Å². The summed E-state index contributed by atoms with van der Waals surface area (Å²) in [6, 6.07) is -0.295. The van der Waals surface area contributed by atoms with Gasteiger partial charge in [-0.1, -0.05) is 20.8 Å². The lowest BCUT2D eigenvalue weighted by molar-refractivity contribution is -0.131. The number of nitrogen functional groups attached to an aromatic ring is 1. The maximum absolute atomic E-state index is 12.2. The number of thiazole rings is 1. The molecule has 2 unspecified atom stereocenters. The molecule has 0 saturated carbocycles. The Morgan fingerprint density at radius 1 is 1.33 bits per heavy atom. The SMILES string of the molecule is CC1CCc2sc(N)nc2C1.CCCN(C(=O)NCCN(C)C)C(=O)C(C)CNC. The van der Waals surface area contributed by atoms with Crippen molar-refractivity contribution in [3.63, 3.8) is 0 Å². The zero-order valence-electron chi connectivity index (χ0n) is 19.5. The molecule has 0 bridgehead atoms. The number of amides is 3. The zero-order valence-corrected chi connectivity index (χ0v) is 20.3. The molecule has 1 aliphatic rings. The van der Waals surface area contributed by atoms with Crippen molar-refractivity contribution in [1.82, 2.24) is 25.4 Å². The fourth-order valence-corrected chi connectivity index (χ4v) is 4.12. The van der Waals surface area contributed by atoms with Gasteiger partial charge in [0.1, 0.15) is 0 Å². The zero-order chi connectivity index (χ0) is 22.7. The smallest absolute Gasteiger partial charge is 0.324 e. The first-order valence-electron chi connectivity index (χ1n) is 10.8. The molecule has 2 atom stereocenters. The van der Waals surface area contributed by atoms with Crippen LogP contribution in [0.3, 0.4) is 0 Å². The summed E-state index contributed by atoms with van der Waals surface area (Å²) in [4.78, 5) is 33.2. The van der Waals surface area contributed by atoms with Crippen molar-refractivity contribution in [2.45, 2.75) is 46.5 Å². The molecular weight excluding hydrogens is 400 g/mol. The van der Waals surface area contributed by atoms with Crippen LogP contribution in [-0.2, 0) is 17.6 Å². The Morgan fingerprint density at radius 3 is 2.63 bits per heavy atom. The molecule has 0 radical (unpaired) electrons. The number of urea groups is 1. The quantitative estimate of drug-likeness (QED) is 0.573. The fraction of sp³-hybridized carbons (Fsp3) is 0.762. The lowest BCUT2D eigenvalue weighted by Crippen LogP contribution is -2.48. The minimum absolute atomic E-state index is 0.126. The summed E-state index contributed by atoms with van der Waals surface area (Å²) in [6.07, 6.45) is 4.38. The van der Waals surface area contributed by atoms with Gasteiger partial charge >= 0.3 is 6.03 Å². The van der Waals surface area contributed by atoms with Crippen molar-refractivity contribution in [2.75, 3.05) is 53.1 Å². The summed E-state index contributed by atoms with van der Waals surface area (Å²) < 4.78 is 0. The van der Waals surface area contributed by atoms with Crippen LogP contribution in [0.2, 0.25) is 0 Å². The number of imide groups is 1. The molecular formula is C21H40N6O2S. The lowest BCUT2D eigenvalue weighted by Gasteiger charge is -2.24. The van der Waals surface area contributed by atoms with Gasteiger partial charge in [-0.05, 0) is 52.7 Å². The third-order valence-electron chi connectivity index (χ3n) is 4.93. The van der Waals surface area contributed by atoms with Crippen LogP contribution in [0, 0.1) is 11.8 Å². The van der Waals surface area contributed by atoms with Gasteiger partial charge in [0.2, 0.25) is 5.91 Å². The Morgan fingerprint density at radius 2 is 2.03 bits per heavy atom. The number of rotatable bonds is 8. The summed E-state index contributed by atoms with van der Waals surface area (Å²) in [5, 5.41) is 6.48. The molecule has 0 spiro atoms. The Hall–Kier alpha value is -1.71. The predicted octanol–water partition coefficient (Wildman–Crippen LogP) is 2.20. The van der Waals surface area contributed by atoms with Gasteiger partial charge in [-0.15, -0.1) is 11.3 Å². The van der Waals surface area contributed by atoms with Crippen LogP contribution in [0.4, 0.5) is 9.93 Å². The number of hydrogen-bond acceptors (Lipinski definition) is 7. The van der Waals surface area contributed by atoms with Gasteiger partial charge in [0.05, 0.1) is 5.69 Å². The van der Waals surface area contributed by atoms with E-state index >= 15 is 0 Å². The molecule has 1 aromatic heterocycles. The van der Waals surface area contributed by atoms with Gasteiger partial charge in [0.25, 0.3) is 0 Å². The molecule has 8 nitrogen and oxygen atoms in total. The Kier molecular flexibility index (Phi) is 11.9. The summed E-state index contributed by atoms with van der Waals surface area (Å²) in [5.74, 6) is 0.471. The topological polar surface area (TPSA) is 104 Å². The van der Waals surface area contributed by atoms with Gasteiger partial charge in [0.15, 0.2) is 5.13 Å². The van der Waals surface area contributed by atoms with E-state index in [2.05, 4.69) is 22.5 Å². The molecule has 2 rings (SSSR count). The number of nitrogens with one attached hydrogen (secondary N) is 2.